The van der Waals surface area contributed by atoms with Crippen LogP contribution in [0.15, 0.2) is 24.3 Å². The molecule has 5 heteroatoms. The highest BCUT2D eigenvalue weighted by molar-refractivity contribution is 7.53. The summed E-state index contributed by atoms with van der Waals surface area (Å²) in [6.45, 7) is 6.95. The topological polar surface area (TPSA) is 44.8 Å². The van der Waals surface area contributed by atoms with Crippen LogP contribution in [0.4, 0.5) is 0 Å². The number of ether oxygens (including phenoxy) is 1. The lowest BCUT2D eigenvalue weighted by Crippen LogP contribution is -2.06. The Hall–Kier alpha value is -1.11. The van der Waals surface area contributed by atoms with Crippen LogP contribution in [0.3, 0.4) is 0 Å². The molecule has 0 aliphatic carbocycles. The van der Waals surface area contributed by atoms with Gasteiger partial charge in [0, 0.05) is 5.56 Å². The molecule has 1 aromatic carbocycles. The third-order valence-corrected chi connectivity index (χ3v) is 4.65. The summed E-state index contributed by atoms with van der Waals surface area (Å²) in [7, 11) is -3.00. The van der Waals surface area contributed by atoms with Crippen LogP contribution in [0.25, 0.3) is 0 Å². The number of benzene rings is 1. The van der Waals surface area contributed by atoms with E-state index in [4.69, 9.17) is 13.8 Å². The van der Waals surface area contributed by atoms with Crippen LogP contribution in [0, 0.1) is 18.8 Å². The molecule has 0 saturated heterocycles. The van der Waals surface area contributed by atoms with Gasteiger partial charge in [-0.1, -0.05) is 29.5 Å². The maximum absolute atomic E-state index is 12.1. The minimum atomic E-state index is -3.00. The number of aryl methyl sites for hydroxylation is 1. The quantitative estimate of drug-likeness (QED) is 0.418. The molecule has 0 aliphatic heterocycles. The molecule has 0 N–H and O–H groups in total. The molecule has 1 rings (SSSR count). The second kappa shape index (κ2) is 9.76. The predicted octanol–water partition coefficient (Wildman–Crippen LogP) is 3.63. The Morgan fingerprint density at radius 3 is 2.29 bits per heavy atom. The summed E-state index contributed by atoms with van der Waals surface area (Å²) >= 11 is 0. The molecule has 1 aromatic rings. The summed E-state index contributed by atoms with van der Waals surface area (Å²) in [6.07, 6.45) is 0.251. The number of rotatable bonds is 8. The smallest absolute Gasteiger partial charge is 0.332 e. The Morgan fingerprint density at radius 2 is 1.71 bits per heavy atom. The van der Waals surface area contributed by atoms with E-state index in [0.717, 1.165) is 5.56 Å². The monoisotopic (exact) mass is 310 g/mol. The second-order valence-electron chi connectivity index (χ2n) is 4.39. The molecular formula is C16H23O4P. The van der Waals surface area contributed by atoms with Crippen molar-refractivity contribution < 1.29 is 18.3 Å². The zero-order chi connectivity index (χ0) is 15.6. The standard InChI is InChI=1S/C16H23O4P/c1-4-19-21(17,20-5-2)14-13-18-12-6-7-16-10-8-15(3)9-11-16/h8-11H,4-5,12-14H2,1-3H3. The van der Waals surface area contributed by atoms with Crippen molar-refractivity contribution in [3.63, 3.8) is 0 Å². The Kier molecular flexibility index (Phi) is 8.34. The van der Waals surface area contributed by atoms with Gasteiger partial charge < -0.3 is 13.8 Å². The lowest BCUT2D eigenvalue weighted by atomic mass is 10.2. The summed E-state index contributed by atoms with van der Waals surface area (Å²) < 4.78 is 27.8. The maximum atomic E-state index is 12.1. The van der Waals surface area contributed by atoms with E-state index in [0.29, 0.717) is 26.4 Å². The summed E-state index contributed by atoms with van der Waals surface area (Å²) in [5.74, 6) is 5.94. The third-order valence-electron chi connectivity index (χ3n) is 2.62. The Balaban J connectivity index is 2.31. The van der Waals surface area contributed by atoms with Gasteiger partial charge in [0.05, 0.1) is 26.0 Å². The van der Waals surface area contributed by atoms with Crippen molar-refractivity contribution in [2.75, 3.05) is 32.6 Å². The highest BCUT2D eigenvalue weighted by atomic mass is 31.2. The van der Waals surface area contributed by atoms with Crippen molar-refractivity contribution in [3.05, 3.63) is 35.4 Å². The fraction of sp³-hybridized carbons (Fsp3) is 0.500. The third kappa shape index (κ3) is 7.45. The fourth-order valence-electron chi connectivity index (χ4n) is 1.63. The number of hydrogen-bond acceptors (Lipinski definition) is 4. The van der Waals surface area contributed by atoms with Crippen molar-refractivity contribution in [2.45, 2.75) is 20.8 Å². The fourth-order valence-corrected chi connectivity index (χ4v) is 3.11. The van der Waals surface area contributed by atoms with E-state index < -0.39 is 7.60 Å². The van der Waals surface area contributed by atoms with Gasteiger partial charge in [0.2, 0.25) is 0 Å². The van der Waals surface area contributed by atoms with Crippen LogP contribution in [0.1, 0.15) is 25.0 Å². The lowest BCUT2D eigenvalue weighted by Gasteiger charge is -2.16. The molecule has 0 amide bonds. The highest BCUT2D eigenvalue weighted by Crippen LogP contribution is 2.47. The van der Waals surface area contributed by atoms with Crippen molar-refractivity contribution in [1.82, 2.24) is 0 Å². The van der Waals surface area contributed by atoms with E-state index in [1.54, 1.807) is 13.8 Å². The van der Waals surface area contributed by atoms with Crippen molar-refractivity contribution >= 4 is 7.60 Å². The molecule has 0 saturated carbocycles. The van der Waals surface area contributed by atoms with Gasteiger partial charge in [-0.05, 0) is 32.9 Å². The van der Waals surface area contributed by atoms with E-state index in [1.807, 2.05) is 31.2 Å². The molecule has 0 aromatic heterocycles. The SMILES string of the molecule is CCOP(=O)(CCOCC#Cc1ccc(C)cc1)OCC. The molecule has 0 bridgehead atoms. The van der Waals surface area contributed by atoms with Crippen LogP contribution >= 0.6 is 7.60 Å². The van der Waals surface area contributed by atoms with E-state index in [1.165, 1.54) is 5.56 Å². The van der Waals surface area contributed by atoms with Gasteiger partial charge in [0.1, 0.15) is 6.61 Å². The molecular weight excluding hydrogens is 287 g/mol. The van der Waals surface area contributed by atoms with Crippen molar-refractivity contribution in [3.8, 4) is 11.8 Å². The minimum Gasteiger partial charge on any atom is -0.368 e. The zero-order valence-corrected chi connectivity index (χ0v) is 13.8. The predicted molar refractivity (Wildman–Crippen MR) is 84.6 cm³/mol. The molecule has 0 heterocycles. The molecule has 0 atom stereocenters. The molecule has 0 aliphatic rings. The van der Waals surface area contributed by atoms with Gasteiger partial charge in [0.25, 0.3) is 0 Å². The second-order valence-corrected chi connectivity index (χ2v) is 6.58. The largest absolute Gasteiger partial charge is 0.368 e. The van der Waals surface area contributed by atoms with Crippen molar-refractivity contribution in [1.29, 1.82) is 0 Å². The Labute approximate surface area is 127 Å². The minimum absolute atomic E-state index is 0.251. The molecule has 0 radical (unpaired) electrons. The van der Waals surface area contributed by atoms with Crippen LogP contribution < -0.4 is 0 Å². The first-order chi connectivity index (χ1) is 10.1. The first-order valence-corrected chi connectivity index (χ1v) is 8.84. The number of hydrogen-bond donors (Lipinski definition) is 0. The van der Waals surface area contributed by atoms with Gasteiger partial charge in [-0.3, -0.25) is 4.57 Å². The van der Waals surface area contributed by atoms with Gasteiger partial charge in [0.15, 0.2) is 0 Å². The average molecular weight is 310 g/mol. The molecule has 116 valence electrons. The van der Waals surface area contributed by atoms with Crippen LogP contribution in [0.5, 0.6) is 0 Å². The molecule has 0 spiro atoms. The summed E-state index contributed by atoms with van der Waals surface area (Å²) in [5.41, 5.74) is 2.16. The molecule has 0 unspecified atom stereocenters. The molecule has 4 nitrogen and oxygen atoms in total. The van der Waals surface area contributed by atoms with Crippen molar-refractivity contribution in [2.24, 2.45) is 0 Å². The van der Waals surface area contributed by atoms with E-state index in [2.05, 4.69) is 11.8 Å². The zero-order valence-electron chi connectivity index (χ0n) is 12.9. The van der Waals surface area contributed by atoms with Gasteiger partial charge >= 0.3 is 7.60 Å². The lowest BCUT2D eigenvalue weighted by molar-refractivity contribution is 0.167. The Morgan fingerprint density at radius 1 is 1.10 bits per heavy atom. The van der Waals surface area contributed by atoms with Crippen LogP contribution in [-0.4, -0.2) is 32.6 Å². The normalized spacial score (nSPS) is 11.0. The molecule has 21 heavy (non-hydrogen) atoms. The maximum Gasteiger partial charge on any atom is 0.332 e. The van der Waals surface area contributed by atoms with E-state index >= 15 is 0 Å². The Bertz CT molecular complexity index is 503. The van der Waals surface area contributed by atoms with Gasteiger partial charge in [-0.25, -0.2) is 0 Å². The summed E-state index contributed by atoms with van der Waals surface area (Å²) in [4.78, 5) is 0. The van der Waals surface area contributed by atoms with Gasteiger partial charge in [-0.2, -0.15) is 0 Å². The van der Waals surface area contributed by atoms with E-state index in [-0.39, 0.29) is 6.16 Å². The van der Waals surface area contributed by atoms with Crippen LogP contribution in [-0.2, 0) is 18.3 Å². The molecule has 0 fully saturated rings. The summed E-state index contributed by atoms with van der Waals surface area (Å²) in [5, 5.41) is 0. The van der Waals surface area contributed by atoms with Gasteiger partial charge in [-0.15, -0.1) is 0 Å². The first kappa shape index (κ1) is 17.9. The highest BCUT2D eigenvalue weighted by Gasteiger charge is 2.22. The average Bonchev–Trinajstić information content (AvgIpc) is 2.45. The van der Waals surface area contributed by atoms with E-state index in [9.17, 15) is 4.57 Å². The van der Waals surface area contributed by atoms with Crippen LogP contribution in [0.2, 0.25) is 0 Å². The summed E-state index contributed by atoms with van der Waals surface area (Å²) in [6, 6.07) is 7.98. The first-order valence-electron chi connectivity index (χ1n) is 7.11.